The molecule has 6 nitrogen and oxygen atoms in total. The first kappa shape index (κ1) is 21.4. The van der Waals surface area contributed by atoms with Crippen LogP contribution in [0, 0.1) is 0 Å². The Hall–Kier alpha value is -3.32. The number of sulfone groups is 1. The van der Waals surface area contributed by atoms with Crippen LogP contribution in [-0.4, -0.2) is 27.8 Å². The first-order valence-corrected chi connectivity index (χ1v) is 11.3. The van der Waals surface area contributed by atoms with Crippen molar-refractivity contribution in [3.63, 3.8) is 0 Å². The summed E-state index contributed by atoms with van der Waals surface area (Å²) in [5, 5.41) is 5.60. The number of rotatable bonds is 7. The third kappa shape index (κ3) is 5.84. The zero-order valence-electron chi connectivity index (χ0n) is 16.9. The maximum absolute atomic E-state index is 12.3. The third-order valence-corrected chi connectivity index (χ3v) is 5.71. The molecular weight excluding hydrogens is 400 g/mol. The van der Waals surface area contributed by atoms with Crippen LogP contribution in [0.3, 0.4) is 0 Å². The fourth-order valence-corrected chi connectivity index (χ4v) is 3.65. The number of hydrogen-bond acceptors (Lipinski definition) is 4. The van der Waals surface area contributed by atoms with E-state index < -0.39 is 9.84 Å². The van der Waals surface area contributed by atoms with Gasteiger partial charge < -0.3 is 15.4 Å². The molecule has 0 spiro atoms. The molecule has 2 N–H and O–H groups in total. The lowest BCUT2D eigenvalue weighted by Crippen LogP contribution is -2.28. The Balaban J connectivity index is 1.62. The molecule has 2 amide bonds. The summed E-state index contributed by atoms with van der Waals surface area (Å²) < 4.78 is 28.5. The fourth-order valence-electron chi connectivity index (χ4n) is 3.02. The van der Waals surface area contributed by atoms with E-state index in [9.17, 15) is 13.2 Å². The van der Waals surface area contributed by atoms with Crippen LogP contribution in [0.15, 0.2) is 77.7 Å². The lowest BCUT2D eigenvalue weighted by molar-refractivity contribution is 0.251. The SMILES string of the molecule is COc1ccc(NC(=O)NCc2ccc(S(C)(=O)=O)cc2)cc1Cc1ccccc1. The number of anilines is 1. The molecule has 0 radical (unpaired) electrons. The van der Waals surface area contributed by atoms with Gasteiger partial charge in [0.25, 0.3) is 0 Å². The fraction of sp³-hybridized carbons (Fsp3) is 0.174. The Labute approximate surface area is 176 Å². The highest BCUT2D eigenvalue weighted by Crippen LogP contribution is 2.25. The van der Waals surface area contributed by atoms with Gasteiger partial charge in [-0.2, -0.15) is 0 Å². The average Bonchev–Trinajstić information content (AvgIpc) is 2.73. The van der Waals surface area contributed by atoms with E-state index in [4.69, 9.17) is 4.74 Å². The molecule has 0 saturated carbocycles. The van der Waals surface area contributed by atoms with Gasteiger partial charge >= 0.3 is 6.03 Å². The van der Waals surface area contributed by atoms with Crippen LogP contribution >= 0.6 is 0 Å². The quantitative estimate of drug-likeness (QED) is 0.600. The number of benzene rings is 3. The summed E-state index contributed by atoms with van der Waals surface area (Å²) in [5.74, 6) is 0.760. The average molecular weight is 425 g/mol. The van der Waals surface area contributed by atoms with Crippen molar-refractivity contribution in [3.05, 3.63) is 89.5 Å². The highest BCUT2D eigenvalue weighted by Gasteiger charge is 2.09. The second-order valence-electron chi connectivity index (χ2n) is 6.91. The predicted molar refractivity (Wildman–Crippen MR) is 118 cm³/mol. The zero-order valence-corrected chi connectivity index (χ0v) is 17.7. The maximum atomic E-state index is 12.3. The van der Waals surface area contributed by atoms with Gasteiger partial charge in [0.15, 0.2) is 9.84 Å². The largest absolute Gasteiger partial charge is 0.496 e. The van der Waals surface area contributed by atoms with E-state index in [0.29, 0.717) is 12.1 Å². The molecule has 0 fully saturated rings. The molecule has 0 saturated heterocycles. The summed E-state index contributed by atoms with van der Waals surface area (Å²) in [5.41, 5.74) is 3.58. The molecule has 3 aromatic rings. The van der Waals surface area contributed by atoms with Crippen molar-refractivity contribution in [2.24, 2.45) is 0 Å². The Morgan fingerprint density at radius 2 is 1.63 bits per heavy atom. The van der Waals surface area contributed by atoms with Crippen LogP contribution in [0.2, 0.25) is 0 Å². The van der Waals surface area contributed by atoms with Crippen LogP contribution in [0.5, 0.6) is 5.75 Å². The Morgan fingerprint density at radius 3 is 2.27 bits per heavy atom. The summed E-state index contributed by atoms with van der Waals surface area (Å²) in [7, 11) is -1.61. The lowest BCUT2D eigenvalue weighted by atomic mass is 10.0. The summed E-state index contributed by atoms with van der Waals surface area (Å²) >= 11 is 0. The molecule has 3 rings (SSSR count). The second-order valence-corrected chi connectivity index (χ2v) is 8.93. The number of hydrogen-bond donors (Lipinski definition) is 2. The first-order chi connectivity index (χ1) is 14.3. The molecule has 0 aliphatic heterocycles. The van der Waals surface area contributed by atoms with Gasteiger partial charge in [-0.3, -0.25) is 0 Å². The Bertz CT molecular complexity index is 1110. The molecule has 0 aliphatic carbocycles. The Morgan fingerprint density at radius 1 is 0.933 bits per heavy atom. The van der Waals surface area contributed by atoms with Gasteiger partial charge in [-0.15, -0.1) is 0 Å². The smallest absolute Gasteiger partial charge is 0.319 e. The van der Waals surface area contributed by atoms with E-state index >= 15 is 0 Å². The molecule has 0 heterocycles. The molecule has 0 bridgehead atoms. The molecule has 3 aromatic carbocycles. The van der Waals surface area contributed by atoms with Gasteiger partial charge in [0.05, 0.1) is 12.0 Å². The highest BCUT2D eigenvalue weighted by atomic mass is 32.2. The van der Waals surface area contributed by atoms with Crippen molar-refractivity contribution in [2.45, 2.75) is 17.9 Å². The molecule has 0 unspecified atom stereocenters. The monoisotopic (exact) mass is 424 g/mol. The van der Waals surface area contributed by atoms with E-state index in [1.54, 1.807) is 25.3 Å². The molecular formula is C23H24N2O4S. The lowest BCUT2D eigenvalue weighted by Gasteiger charge is -2.13. The number of ether oxygens (including phenoxy) is 1. The minimum Gasteiger partial charge on any atom is -0.496 e. The number of carbonyl (C=O) groups excluding carboxylic acids is 1. The number of nitrogens with one attached hydrogen (secondary N) is 2. The molecule has 30 heavy (non-hydrogen) atoms. The van der Waals surface area contributed by atoms with Gasteiger partial charge in [0.2, 0.25) is 0 Å². The van der Waals surface area contributed by atoms with E-state index in [-0.39, 0.29) is 17.5 Å². The van der Waals surface area contributed by atoms with Crippen LogP contribution in [0.25, 0.3) is 0 Å². The van der Waals surface area contributed by atoms with Gasteiger partial charge in [0, 0.05) is 30.5 Å². The van der Waals surface area contributed by atoms with Crippen LogP contribution in [0.4, 0.5) is 10.5 Å². The molecule has 7 heteroatoms. The van der Waals surface area contributed by atoms with E-state index in [0.717, 1.165) is 28.7 Å². The van der Waals surface area contributed by atoms with Crippen LogP contribution in [-0.2, 0) is 22.8 Å². The number of carbonyl (C=O) groups is 1. The van der Waals surface area contributed by atoms with Crippen molar-refractivity contribution in [1.29, 1.82) is 0 Å². The van der Waals surface area contributed by atoms with Crippen molar-refractivity contribution >= 4 is 21.6 Å². The summed E-state index contributed by atoms with van der Waals surface area (Å²) in [6, 6.07) is 21.6. The van der Waals surface area contributed by atoms with Crippen molar-refractivity contribution in [3.8, 4) is 5.75 Å². The summed E-state index contributed by atoms with van der Waals surface area (Å²) in [6.45, 7) is 0.281. The van der Waals surface area contributed by atoms with E-state index in [2.05, 4.69) is 10.6 Å². The topological polar surface area (TPSA) is 84.5 Å². The predicted octanol–water partition coefficient (Wildman–Crippen LogP) is 4.01. The number of urea groups is 1. The van der Waals surface area contributed by atoms with Gasteiger partial charge in [-0.05, 0) is 41.5 Å². The molecule has 0 aliphatic rings. The minimum atomic E-state index is -3.23. The summed E-state index contributed by atoms with van der Waals surface area (Å²) in [6.07, 6.45) is 1.85. The minimum absolute atomic E-state index is 0.250. The van der Waals surface area contributed by atoms with Gasteiger partial charge in [0.1, 0.15) is 5.75 Å². The summed E-state index contributed by atoms with van der Waals surface area (Å²) in [4.78, 5) is 12.5. The van der Waals surface area contributed by atoms with Crippen molar-refractivity contribution < 1.29 is 17.9 Å². The maximum Gasteiger partial charge on any atom is 0.319 e. The third-order valence-electron chi connectivity index (χ3n) is 4.58. The molecule has 156 valence electrons. The van der Waals surface area contributed by atoms with Gasteiger partial charge in [-0.1, -0.05) is 42.5 Å². The zero-order chi connectivity index (χ0) is 21.6. The highest BCUT2D eigenvalue weighted by molar-refractivity contribution is 7.90. The van der Waals surface area contributed by atoms with E-state index in [1.807, 2.05) is 42.5 Å². The number of amides is 2. The normalized spacial score (nSPS) is 11.0. The van der Waals surface area contributed by atoms with Crippen LogP contribution < -0.4 is 15.4 Å². The Kier molecular flexibility index (Phi) is 6.74. The molecule has 0 aromatic heterocycles. The van der Waals surface area contributed by atoms with E-state index in [1.165, 1.54) is 12.1 Å². The van der Waals surface area contributed by atoms with Gasteiger partial charge in [-0.25, -0.2) is 13.2 Å². The first-order valence-electron chi connectivity index (χ1n) is 9.40. The second kappa shape index (κ2) is 9.45. The number of methoxy groups -OCH3 is 1. The molecule has 0 atom stereocenters. The van der Waals surface area contributed by atoms with Crippen LogP contribution in [0.1, 0.15) is 16.7 Å². The standard InChI is InChI=1S/C23H24N2O4S/c1-29-22-13-10-20(15-19(22)14-17-6-4-3-5-7-17)25-23(26)24-16-18-8-11-21(12-9-18)30(2,27)28/h3-13,15H,14,16H2,1-2H3,(H2,24,25,26). The van der Waals surface area contributed by atoms with Crippen molar-refractivity contribution in [1.82, 2.24) is 5.32 Å². The van der Waals surface area contributed by atoms with Crippen molar-refractivity contribution in [2.75, 3.05) is 18.7 Å².